The van der Waals surface area contributed by atoms with Crippen molar-refractivity contribution < 1.29 is 9.59 Å². The van der Waals surface area contributed by atoms with Crippen LogP contribution < -0.4 is 10.6 Å². The fourth-order valence-corrected chi connectivity index (χ4v) is 2.72. The first-order chi connectivity index (χ1) is 10.9. The van der Waals surface area contributed by atoms with Crippen LogP contribution in [0.4, 0.5) is 10.8 Å². The van der Waals surface area contributed by atoms with Crippen LogP contribution in [0.15, 0.2) is 29.6 Å². The van der Waals surface area contributed by atoms with E-state index in [9.17, 15) is 9.59 Å². The van der Waals surface area contributed by atoms with E-state index in [4.69, 9.17) is 0 Å². The van der Waals surface area contributed by atoms with Crippen LogP contribution in [0.5, 0.6) is 0 Å². The van der Waals surface area contributed by atoms with E-state index in [2.05, 4.69) is 15.6 Å². The summed E-state index contributed by atoms with van der Waals surface area (Å²) in [4.78, 5) is 27.3. The zero-order valence-electron chi connectivity index (χ0n) is 13.6. The second-order valence-electron chi connectivity index (χ2n) is 5.78. The number of nitrogens with zero attached hydrogens (tertiary/aromatic N) is 1. The number of thiazole rings is 1. The van der Waals surface area contributed by atoms with Crippen LogP contribution in [0, 0.1) is 5.92 Å². The van der Waals surface area contributed by atoms with E-state index in [1.54, 1.807) is 19.1 Å². The molecule has 6 heteroatoms. The highest BCUT2D eigenvalue weighted by atomic mass is 32.1. The van der Waals surface area contributed by atoms with Gasteiger partial charge in [0.15, 0.2) is 10.9 Å². The maximum absolute atomic E-state index is 11.6. The molecule has 0 radical (unpaired) electrons. The summed E-state index contributed by atoms with van der Waals surface area (Å²) in [5.41, 5.74) is 2.39. The second-order valence-corrected chi connectivity index (χ2v) is 6.64. The van der Waals surface area contributed by atoms with Crippen LogP contribution in [0.25, 0.3) is 0 Å². The number of hydrogen-bond donors (Lipinski definition) is 2. The average molecular weight is 331 g/mol. The molecule has 0 aliphatic rings. The molecule has 122 valence electrons. The van der Waals surface area contributed by atoms with E-state index in [-0.39, 0.29) is 11.7 Å². The highest BCUT2D eigenvalue weighted by Gasteiger charge is 2.07. The molecule has 1 heterocycles. The fourth-order valence-electron chi connectivity index (χ4n) is 1.99. The molecule has 2 aromatic rings. The zero-order chi connectivity index (χ0) is 16.8. The second kappa shape index (κ2) is 7.87. The summed E-state index contributed by atoms with van der Waals surface area (Å²) < 4.78 is 0. The van der Waals surface area contributed by atoms with E-state index in [0.717, 1.165) is 16.5 Å². The van der Waals surface area contributed by atoms with Crippen LogP contribution in [0.1, 0.15) is 43.2 Å². The Morgan fingerprint density at radius 2 is 1.91 bits per heavy atom. The molecule has 5 nitrogen and oxygen atoms in total. The molecule has 0 unspecified atom stereocenters. The summed E-state index contributed by atoms with van der Waals surface area (Å²) in [5.74, 6) is 0.438. The lowest BCUT2D eigenvalue weighted by Crippen LogP contribution is -2.24. The van der Waals surface area contributed by atoms with Crippen LogP contribution in [0.2, 0.25) is 0 Å². The van der Waals surface area contributed by atoms with Crippen LogP contribution in [-0.4, -0.2) is 16.7 Å². The first-order valence-corrected chi connectivity index (χ1v) is 8.41. The van der Waals surface area contributed by atoms with Gasteiger partial charge >= 0.3 is 0 Å². The van der Waals surface area contributed by atoms with Gasteiger partial charge in [-0.15, -0.1) is 11.3 Å². The van der Waals surface area contributed by atoms with E-state index < -0.39 is 0 Å². The monoisotopic (exact) mass is 331 g/mol. The smallest absolute Gasteiger partial charge is 0.220 e. The number of aromatic nitrogens is 1. The number of carbonyl (C=O) groups excluding carboxylic acids is 2. The van der Waals surface area contributed by atoms with Crippen molar-refractivity contribution in [1.29, 1.82) is 0 Å². The van der Waals surface area contributed by atoms with Crippen molar-refractivity contribution in [2.24, 2.45) is 5.92 Å². The van der Waals surface area contributed by atoms with Crippen molar-refractivity contribution in [3.05, 3.63) is 40.9 Å². The van der Waals surface area contributed by atoms with Gasteiger partial charge in [-0.2, -0.15) is 0 Å². The van der Waals surface area contributed by atoms with Gasteiger partial charge in [-0.3, -0.25) is 9.59 Å². The van der Waals surface area contributed by atoms with Crippen LogP contribution in [0.3, 0.4) is 0 Å². The van der Waals surface area contributed by atoms with Crippen molar-refractivity contribution in [3.63, 3.8) is 0 Å². The molecular formula is C17H21N3O2S. The minimum Gasteiger partial charge on any atom is -0.350 e. The third-order valence-electron chi connectivity index (χ3n) is 3.15. The average Bonchev–Trinajstić information content (AvgIpc) is 2.92. The molecule has 0 aliphatic carbocycles. The van der Waals surface area contributed by atoms with Gasteiger partial charge in [0.1, 0.15) is 0 Å². The molecule has 2 N–H and O–H groups in total. The first kappa shape index (κ1) is 17.1. The minimum absolute atomic E-state index is 0.0438. The zero-order valence-corrected chi connectivity index (χ0v) is 14.4. The van der Waals surface area contributed by atoms with Crippen molar-refractivity contribution in [2.75, 3.05) is 5.32 Å². The topological polar surface area (TPSA) is 71.1 Å². The first-order valence-electron chi connectivity index (χ1n) is 7.53. The Kier molecular flexibility index (Phi) is 5.87. The molecule has 0 bridgehead atoms. The van der Waals surface area contributed by atoms with Gasteiger partial charge < -0.3 is 10.6 Å². The van der Waals surface area contributed by atoms with Gasteiger partial charge in [0.2, 0.25) is 5.91 Å². The standard InChI is InChI=1S/C17H21N3O2S/c1-11(2)8-16(22)18-9-15-10-23-17(20-15)19-14-6-4-13(5-7-14)12(3)21/h4-7,10-11H,8-9H2,1-3H3,(H,18,22)(H,19,20). The predicted octanol–water partition coefficient (Wildman–Crippen LogP) is 3.75. The summed E-state index contributed by atoms with van der Waals surface area (Å²) in [7, 11) is 0. The highest BCUT2D eigenvalue weighted by Crippen LogP contribution is 2.21. The minimum atomic E-state index is 0.0438. The Labute approximate surface area is 140 Å². The van der Waals surface area contributed by atoms with Gasteiger partial charge in [0, 0.05) is 23.1 Å². The Hall–Kier alpha value is -2.21. The predicted molar refractivity (Wildman–Crippen MR) is 93.1 cm³/mol. The molecule has 1 amide bonds. The summed E-state index contributed by atoms with van der Waals surface area (Å²) in [6, 6.07) is 7.26. The Balaban J connectivity index is 1.89. The number of anilines is 2. The number of nitrogens with one attached hydrogen (secondary N) is 2. The lowest BCUT2D eigenvalue weighted by atomic mass is 10.1. The Morgan fingerprint density at radius 1 is 1.22 bits per heavy atom. The lowest BCUT2D eigenvalue weighted by molar-refractivity contribution is -0.121. The molecule has 23 heavy (non-hydrogen) atoms. The van der Waals surface area contributed by atoms with E-state index in [1.807, 2.05) is 31.4 Å². The van der Waals surface area contributed by atoms with Crippen molar-refractivity contribution >= 4 is 33.8 Å². The normalized spacial score (nSPS) is 10.6. The molecule has 0 saturated carbocycles. The Bertz CT molecular complexity index is 677. The lowest BCUT2D eigenvalue weighted by Gasteiger charge is -2.05. The molecule has 0 spiro atoms. The number of rotatable bonds is 7. The van der Waals surface area contributed by atoms with Gasteiger partial charge in [-0.1, -0.05) is 13.8 Å². The molecular weight excluding hydrogens is 310 g/mol. The third kappa shape index (κ3) is 5.49. The molecule has 0 fully saturated rings. The molecule has 0 aliphatic heterocycles. The van der Waals surface area contributed by atoms with Gasteiger partial charge in [-0.25, -0.2) is 4.98 Å². The maximum Gasteiger partial charge on any atom is 0.220 e. The third-order valence-corrected chi connectivity index (χ3v) is 3.96. The number of carbonyl (C=O) groups is 2. The van der Waals surface area contributed by atoms with E-state index in [0.29, 0.717) is 24.4 Å². The summed E-state index contributed by atoms with van der Waals surface area (Å²) >= 11 is 1.48. The number of hydrogen-bond acceptors (Lipinski definition) is 5. The summed E-state index contributed by atoms with van der Waals surface area (Å²) in [6.45, 7) is 6.01. The van der Waals surface area contributed by atoms with Crippen molar-refractivity contribution in [3.8, 4) is 0 Å². The quantitative estimate of drug-likeness (QED) is 0.758. The van der Waals surface area contributed by atoms with Crippen LogP contribution in [-0.2, 0) is 11.3 Å². The number of amides is 1. The Morgan fingerprint density at radius 3 is 2.52 bits per heavy atom. The number of Topliss-reactive ketones (excluding diaryl/α,β-unsaturated/α-hetero) is 1. The number of ketones is 1. The molecule has 0 saturated heterocycles. The molecule has 1 aromatic carbocycles. The SMILES string of the molecule is CC(=O)c1ccc(Nc2nc(CNC(=O)CC(C)C)cs2)cc1. The van der Waals surface area contributed by atoms with Crippen molar-refractivity contribution in [1.82, 2.24) is 10.3 Å². The van der Waals surface area contributed by atoms with Gasteiger partial charge in [0.25, 0.3) is 0 Å². The largest absolute Gasteiger partial charge is 0.350 e. The highest BCUT2D eigenvalue weighted by molar-refractivity contribution is 7.13. The van der Waals surface area contributed by atoms with Gasteiger partial charge in [0.05, 0.1) is 12.2 Å². The maximum atomic E-state index is 11.6. The fraction of sp³-hybridized carbons (Fsp3) is 0.353. The van der Waals surface area contributed by atoms with Crippen LogP contribution >= 0.6 is 11.3 Å². The van der Waals surface area contributed by atoms with E-state index >= 15 is 0 Å². The van der Waals surface area contributed by atoms with Crippen molar-refractivity contribution in [2.45, 2.75) is 33.7 Å². The molecule has 0 atom stereocenters. The summed E-state index contributed by atoms with van der Waals surface area (Å²) in [6.07, 6.45) is 0.526. The van der Waals surface area contributed by atoms with Gasteiger partial charge in [-0.05, 0) is 37.1 Å². The van der Waals surface area contributed by atoms with E-state index in [1.165, 1.54) is 11.3 Å². The molecule has 2 rings (SSSR count). The number of benzene rings is 1. The molecule has 1 aromatic heterocycles. The summed E-state index contributed by atoms with van der Waals surface area (Å²) in [5, 5.41) is 8.74.